The Bertz CT molecular complexity index is 956. The van der Waals surface area contributed by atoms with Crippen LogP contribution in [0.1, 0.15) is 24.2 Å². The molecule has 0 saturated heterocycles. The Morgan fingerprint density at radius 1 is 1.29 bits per heavy atom. The molecule has 0 aliphatic carbocycles. The van der Waals surface area contributed by atoms with E-state index in [0.717, 1.165) is 28.5 Å². The van der Waals surface area contributed by atoms with Gasteiger partial charge in [0.2, 0.25) is 0 Å². The minimum Gasteiger partial charge on any atom is -0.482 e. The molecular formula is C21H23ClN2O4. The average molecular weight is 403 g/mol. The van der Waals surface area contributed by atoms with E-state index in [1.165, 1.54) is 0 Å². The fourth-order valence-corrected chi connectivity index (χ4v) is 3.31. The number of ether oxygens (including phenoxy) is 1. The maximum atomic E-state index is 10.6. The minimum absolute atomic E-state index is 0.149. The van der Waals surface area contributed by atoms with E-state index in [1.807, 2.05) is 24.4 Å². The highest BCUT2D eigenvalue weighted by atomic mass is 35.5. The Labute approximate surface area is 168 Å². The number of halogens is 1. The zero-order chi connectivity index (χ0) is 20.1. The first-order valence-corrected chi connectivity index (χ1v) is 9.41. The van der Waals surface area contributed by atoms with Crippen LogP contribution in [0.25, 0.3) is 10.9 Å². The lowest BCUT2D eigenvalue weighted by molar-refractivity contribution is -0.139. The number of carboxylic acid groups (broad SMARTS) is 1. The smallest absolute Gasteiger partial charge is 0.341 e. The number of aromatic amines is 1. The molecular weight excluding hydrogens is 380 g/mol. The summed E-state index contributed by atoms with van der Waals surface area (Å²) in [6.45, 7) is 2.12. The third kappa shape index (κ3) is 5.25. The van der Waals surface area contributed by atoms with Gasteiger partial charge in [0, 0.05) is 40.8 Å². The fraction of sp³-hybridized carbons (Fsp3) is 0.286. The van der Waals surface area contributed by atoms with E-state index < -0.39 is 12.1 Å². The lowest BCUT2D eigenvalue weighted by Crippen LogP contribution is -2.32. The van der Waals surface area contributed by atoms with Crippen molar-refractivity contribution in [2.45, 2.75) is 25.5 Å². The molecule has 3 aromatic rings. The van der Waals surface area contributed by atoms with Crippen molar-refractivity contribution in [3.63, 3.8) is 0 Å². The number of hydrogen-bond donors (Lipinski definition) is 4. The molecule has 7 heteroatoms. The summed E-state index contributed by atoms with van der Waals surface area (Å²) in [5.74, 6) is -0.494. The van der Waals surface area contributed by atoms with E-state index in [9.17, 15) is 9.90 Å². The summed E-state index contributed by atoms with van der Waals surface area (Å²) in [7, 11) is 0. The largest absolute Gasteiger partial charge is 0.482 e. The highest BCUT2D eigenvalue weighted by Crippen LogP contribution is 2.24. The van der Waals surface area contributed by atoms with Gasteiger partial charge in [0.05, 0.1) is 6.10 Å². The van der Waals surface area contributed by atoms with Crippen molar-refractivity contribution < 1.29 is 19.7 Å². The van der Waals surface area contributed by atoms with Gasteiger partial charge in [-0.15, -0.1) is 0 Å². The number of aliphatic carboxylic acids is 1. The maximum Gasteiger partial charge on any atom is 0.341 e. The molecule has 0 fully saturated rings. The van der Waals surface area contributed by atoms with Crippen LogP contribution in [-0.2, 0) is 11.2 Å². The first-order valence-electron chi connectivity index (χ1n) is 9.04. The maximum absolute atomic E-state index is 10.6. The van der Waals surface area contributed by atoms with Gasteiger partial charge in [-0.2, -0.15) is 0 Å². The number of nitrogens with one attached hydrogen (secondary N) is 2. The molecule has 0 aliphatic heterocycles. The first-order chi connectivity index (χ1) is 13.4. The Morgan fingerprint density at radius 2 is 2.11 bits per heavy atom. The fourth-order valence-electron chi connectivity index (χ4n) is 3.12. The number of H-pyrrole nitrogens is 1. The summed E-state index contributed by atoms with van der Waals surface area (Å²) in [4.78, 5) is 13.8. The van der Waals surface area contributed by atoms with Crippen molar-refractivity contribution in [3.05, 3.63) is 64.8 Å². The van der Waals surface area contributed by atoms with Gasteiger partial charge < -0.3 is 25.3 Å². The van der Waals surface area contributed by atoms with Gasteiger partial charge >= 0.3 is 5.97 Å². The molecule has 0 bridgehead atoms. The summed E-state index contributed by atoms with van der Waals surface area (Å²) in [5, 5.41) is 24.1. The molecule has 6 nitrogen and oxygen atoms in total. The number of rotatable bonds is 9. The molecule has 3 rings (SSSR count). The number of aliphatic hydroxyl groups is 1. The monoisotopic (exact) mass is 402 g/mol. The van der Waals surface area contributed by atoms with E-state index in [0.29, 0.717) is 17.3 Å². The number of aliphatic hydroxyl groups excluding tert-OH is 1. The van der Waals surface area contributed by atoms with Crippen LogP contribution in [0.5, 0.6) is 5.75 Å². The Kier molecular flexibility index (Phi) is 6.57. The first kappa shape index (κ1) is 20.2. The molecule has 0 unspecified atom stereocenters. The van der Waals surface area contributed by atoms with Crippen molar-refractivity contribution in [1.29, 1.82) is 0 Å². The molecule has 1 heterocycles. The van der Waals surface area contributed by atoms with E-state index >= 15 is 0 Å². The molecule has 4 N–H and O–H groups in total. The van der Waals surface area contributed by atoms with Crippen molar-refractivity contribution >= 4 is 28.5 Å². The van der Waals surface area contributed by atoms with Crippen molar-refractivity contribution in [1.82, 2.24) is 10.3 Å². The van der Waals surface area contributed by atoms with Crippen LogP contribution in [-0.4, -0.2) is 40.4 Å². The zero-order valence-corrected chi connectivity index (χ0v) is 16.2. The quantitative estimate of drug-likeness (QED) is 0.439. The van der Waals surface area contributed by atoms with Crippen molar-refractivity contribution in [3.8, 4) is 5.75 Å². The van der Waals surface area contributed by atoms with Gasteiger partial charge in [-0.25, -0.2) is 4.79 Å². The van der Waals surface area contributed by atoms with Crippen LogP contribution >= 0.6 is 11.6 Å². The van der Waals surface area contributed by atoms with E-state index in [-0.39, 0.29) is 12.6 Å². The standard InChI is InChI=1S/C21H23ClN2O4/c1-13(23-11-20(25)14-3-2-4-16(22)8-14)7-15-10-24-19-9-17(5-6-18(15)19)28-12-21(26)27/h2-6,8-10,13,20,23-25H,7,11-12H2,1H3,(H,26,27)/t13-,20-/m1/s1. The van der Waals surface area contributed by atoms with Crippen LogP contribution in [0.4, 0.5) is 0 Å². The predicted molar refractivity (Wildman–Crippen MR) is 109 cm³/mol. The number of benzene rings is 2. The van der Waals surface area contributed by atoms with Crippen molar-refractivity contribution in [2.24, 2.45) is 0 Å². The second-order valence-corrected chi connectivity index (χ2v) is 7.22. The molecule has 28 heavy (non-hydrogen) atoms. The SMILES string of the molecule is C[C@H](Cc1c[nH]c2cc(OCC(=O)O)ccc12)NC[C@@H](O)c1cccc(Cl)c1. The van der Waals surface area contributed by atoms with Gasteiger partial charge in [0.25, 0.3) is 0 Å². The third-order valence-corrected chi connectivity index (χ3v) is 4.76. The lowest BCUT2D eigenvalue weighted by atomic mass is 10.0. The normalized spacial score (nSPS) is 13.4. The summed E-state index contributed by atoms with van der Waals surface area (Å²) in [5.41, 5.74) is 2.81. The summed E-state index contributed by atoms with van der Waals surface area (Å²) >= 11 is 5.98. The van der Waals surface area contributed by atoms with Gasteiger partial charge in [0.15, 0.2) is 6.61 Å². The second kappa shape index (κ2) is 9.10. The molecule has 2 atom stereocenters. The minimum atomic E-state index is -1.01. The number of hydrogen-bond acceptors (Lipinski definition) is 4. The number of carboxylic acids is 1. The Hall–Kier alpha value is -2.54. The number of aromatic nitrogens is 1. The van der Waals surface area contributed by atoms with Crippen LogP contribution in [0, 0.1) is 0 Å². The highest BCUT2D eigenvalue weighted by Gasteiger charge is 2.13. The van der Waals surface area contributed by atoms with Crippen LogP contribution in [0.3, 0.4) is 0 Å². The molecule has 1 aromatic heterocycles. The molecule has 0 amide bonds. The second-order valence-electron chi connectivity index (χ2n) is 6.79. The zero-order valence-electron chi connectivity index (χ0n) is 15.5. The summed E-state index contributed by atoms with van der Waals surface area (Å²) in [6.07, 6.45) is 2.09. The topological polar surface area (TPSA) is 94.6 Å². The summed E-state index contributed by atoms with van der Waals surface area (Å²) in [6, 6.07) is 12.9. The molecule has 0 aliphatic rings. The van der Waals surface area contributed by atoms with Gasteiger partial charge in [-0.3, -0.25) is 0 Å². The number of fused-ring (bicyclic) bond motifs is 1. The van der Waals surface area contributed by atoms with E-state index in [2.05, 4.69) is 17.2 Å². The molecule has 0 radical (unpaired) electrons. The van der Waals surface area contributed by atoms with Crippen LogP contribution in [0.15, 0.2) is 48.7 Å². The Morgan fingerprint density at radius 3 is 2.86 bits per heavy atom. The van der Waals surface area contributed by atoms with Crippen molar-refractivity contribution in [2.75, 3.05) is 13.2 Å². The highest BCUT2D eigenvalue weighted by molar-refractivity contribution is 6.30. The average Bonchev–Trinajstić information content (AvgIpc) is 3.06. The molecule has 148 valence electrons. The van der Waals surface area contributed by atoms with E-state index in [4.69, 9.17) is 21.4 Å². The van der Waals surface area contributed by atoms with Gasteiger partial charge in [-0.05, 0) is 48.7 Å². The lowest BCUT2D eigenvalue weighted by Gasteiger charge is -2.17. The number of carbonyl (C=O) groups is 1. The van der Waals surface area contributed by atoms with Gasteiger partial charge in [-0.1, -0.05) is 23.7 Å². The molecule has 0 saturated carbocycles. The predicted octanol–water partition coefficient (Wildman–Crippen LogP) is 3.54. The Balaban J connectivity index is 1.58. The van der Waals surface area contributed by atoms with Crippen LogP contribution < -0.4 is 10.1 Å². The molecule has 2 aromatic carbocycles. The molecule has 0 spiro atoms. The third-order valence-electron chi connectivity index (χ3n) is 4.52. The van der Waals surface area contributed by atoms with Crippen LogP contribution in [0.2, 0.25) is 5.02 Å². The summed E-state index contributed by atoms with van der Waals surface area (Å²) < 4.78 is 5.21. The van der Waals surface area contributed by atoms with E-state index in [1.54, 1.807) is 24.3 Å². The van der Waals surface area contributed by atoms with Gasteiger partial charge in [0.1, 0.15) is 5.75 Å².